The van der Waals surface area contributed by atoms with Gasteiger partial charge in [0.2, 0.25) is 0 Å². The fourth-order valence-electron chi connectivity index (χ4n) is 4.17. The molecule has 1 saturated heterocycles. The third-order valence-electron chi connectivity index (χ3n) is 5.32. The van der Waals surface area contributed by atoms with Crippen molar-refractivity contribution in [1.82, 2.24) is 10.2 Å². The van der Waals surface area contributed by atoms with Crippen molar-refractivity contribution < 1.29 is 4.74 Å². The van der Waals surface area contributed by atoms with Gasteiger partial charge >= 0.3 is 0 Å². The van der Waals surface area contributed by atoms with Crippen LogP contribution in [0.2, 0.25) is 0 Å². The lowest BCUT2D eigenvalue weighted by atomic mass is 9.82. The maximum absolute atomic E-state index is 5.32. The van der Waals surface area contributed by atoms with E-state index >= 15 is 0 Å². The van der Waals surface area contributed by atoms with Crippen LogP contribution in [0.1, 0.15) is 36.4 Å². The van der Waals surface area contributed by atoms with Gasteiger partial charge in [-0.1, -0.05) is 24.3 Å². The molecule has 0 aromatic heterocycles. The van der Waals surface area contributed by atoms with Gasteiger partial charge in [-0.25, -0.2) is 0 Å². The Bertz CT molecular complexity index is 454. The highest BCUT2D eigenvalue weighted by atomic mass is 16.5. The number of hydrogen-bond donors (Lipinski definition) is 1. The lowest BCUT2D eigenvalue weighted by molar-refractivity contribution is 0.0632. The first-order valence-corrected chi connectivity index (χ1v) is 8.31. The molecule has 1 aliphatic carbocycles. The predicted molar refractivity (Wildman–Crippen MR) is 86.5 cm³/mol. The molecule has 0 bridgehead atoms. The number of methoxy groups -OCH3 is 1. The van der Waals surface area contributed by atoms with Crippen LogP contribution in [-0.4, -0.2) is 44.8 Å². The van der Waals surface area contributed by atoms with E-state index < -0.39 is 0 Å². The molecule has 1 fully saturated rings. The van der Waals surface area contributed by atoms with Crippen molar-refractivity contribution in [1.29, 1.82) is 0 Å². The number of fused-ring (bicyclic) bond motifs is 1. The summed E-state index contributed by atoms with van der Waals surface area (Å²) in [5.74, 6) is 0.759. The van der Waals surface area contributed by atoms with Crippen molar-refractivity contribution in [3.05, 3.63) is 35.4 Å². The topological polar surface area (TPSA) is 24.5 Å². The lowest BCUT2D eigenvalue weighted by Crippen LogP contribution is -2.49. The number of nitrogens with one attached hydrogen (secondary N) is 1. The lowest BCUT2D eigenvalue weighted by Gasteiger charge is -2.44. The van der Waals surface area contributed by atoms with Gasteiger partial charge in [-0.15, -0.1) is 0 Å². The monoisotopic (exact) mass is 288 g/mol. The van der Waals surface area contributed by atoms with Crippen LogP contribution in [0.15, 0.2) is 24.3 Å². The Morgan fingerprint density at radius 2 is 1.95 bits per heavy atom. The van der Waals surface area contributed by atoms with E-state index in [1.165, 1.54) is 49.9 Å². The Kier molecular flexibility index (Phi) is 4.94. The second kappa shape index (κ2) is 6.91. The first-order valence-electron chi connectivity index (χ1n) is 8.31. The van der Waals surface area contributed by atoms with Crippen LogP contribution in [0.3, 0.4) is 0 Å². The molecule has 2 aliphatic rings. The Labute approximate surface area is 128 Å². The van der Waals surface area contributed by atoms with Gasteiger partial charge < -0.3 is 10.1 Å². The standard InChI is InChI=1S/C18H28N2O/c1-19-18-16-6-4-3-5-15(16)7-8-17(18)20-11-9-14(10-12-20)13-21-2/h3-6,14,17-19H,7-13H2,1-2H3. The molecule has 1 N–H and O–H groups in total. The van der Waals surface area contributed by atoms with Crippen LogP contribution < -0.4 is 5.32 Å². The SMILES string of the molecule is CNC1c2ccccc2CCC1N1CCC(COC)CC1. The molecule has 1 aliphatic heterocycles. The average molecular weight is 288 g/mol. The van der Waals surface area contributed by atoms with Crippen LogP contribution in [0.4, 0.5) is 0 Å². The normalized spacial score (nSPS) is 27.5. The summed E-state index contributed by atoms with van der Waals surface area (Å²) in [7, 11) is 3.93. The fraction of sp³-hybridized carbons (Fsp3) is 0.667. The smallest absolute Gasteiger partial charge is 0.0491 e. The average Bonchev–Trinajstić information content (AvgIpc) is 2.55. The Morgan fingerprint density at radius 3 is 2.67 bits per heavy atom. The van der Waals surface area contributed by atoms with Gasteiger partial charge in [-0.2, -0.15) is 0 Å². The molecule has 0 saturated carbocycles. The van der Waals surface area contributed by atoms with Crippen LogP contribution in [0.5, 0.6) is 0 Å². The van der Waals surface area contributed by atoms with Gasteiger partial charge in [0.15, 0.2) is 0 Å². The van der Waals surface area contributed by atoms with E-state index in [-0.39, 0.29) is 0 Å². The van der Waals surface area contributed by atoms with E-state index in [0.29, 0.717) is 12.1 Å². The predicted octanol–water partition coefficient (Wildman–Crippen LogP) is 2.62. The molecule has 2 unspecified atom stereocenters. The van der Waals surface area contributed by atoms with Crippen molar-refractivity contribution in [2.75, 3.05) is 33.9 Å². The summed E-state index contributed by atoms with van der Waals surface area (Å²) in [4.78, 5) is 2.71. The van der Waals surface area contributed by atoms with Gasteiger partial charge in [-0.05, 0) is 62.9 Å². The number of hydrogen-bond acceptors (Lipinski definition) is 3. The van der Waals surface area contributed by atoms with Gasteiger partial charge in [0, 0.05) is 25.8 Å². The minimum Gasteiger partial charge on any atom is -0.384 e. The van der Waals surface area contributed by atoms with Crippen LogP contribution in [0, 0.1) is 5.92 Å². The molecule has 21 heavy (non-hydrogen) atoms. The third-order valence-corrected chi connectivity index (χ3v) is 5.32. The van der Waals surface area contributed by atoms with Crippen LogP contribution in [0.25, 0.3) is 0 Å². The zero-order valence-corrected chi connectivity index (χ0v) is 13.3. The van der Waals surface area contributed by atoms with Crippen molar-refractivity contribution in [2.45, 2.75) is 37.8 Å². The molecule has 3 heteroatoms. The van der Waals surface area contributed by atoms with Gasteiger partial charge in [-0.3, -0.25) is 4.90 Å². The quantitative estimate of drug-likeness (QED) is 0.922. The summed E-state index contributed by atoms with van der Waals surface area (Å²) in [6.07, 6.45) is 5.05. The zero-order chi connectivity index (χ0) is 14.7. The number of likely N-dealkylation sites (tertiary alicyclic amines) is 1. The van der Waals surface area contributed by atoms with Gasteiger partial charge in [0.1, 0.15) is 0 Å². The van der Waals surface area contributed by atoms with E-state index in [2.05, 4.69) is 41.5 Å². The molecule has 0 amide bonds. The van der Waals surface area contributed by atoms with Crippen molar-refractivity contribution in [3.63, 3.8) is 0 Å². The van der Waals surface area contributed by atoms with E-state index in [4.69, 9.17) is 4.74 Å². The highest BCUT2D eigenvalue weighted by molar-refractivity contribution is 5.34. The molecule has 1 heterocycles. The maximum atomic E-state index is 5.32. The van der Waals surface area contributed by atoms with E-state index in [1.54, 1.807) is 0 Å². The Hall–Kier alpha value is -0.900. The molecule has 0 spiro atoms. The Balaban J connectivity index is 1.69. The number of benzene rings is 1. The first-order chi connectivity index (χ1) is 10.3. The second-order valence-electron chi connectivity index (χ2n) is 6.51. The fourth-order valence-corrected chi connectivity index (χ4v) is 4.17. The number of aryl methyl sites for hydroxylation is 1. The number of nitrogens with zero attached hydrogens (tertiary/aromatic N) is 1. The number of likely N-dealkylation sites (N-methyl/N-ethyl adjacent to an activating group) is 1. The number of rotatable bonds is 4. The number of piperidine rings is 1. The first kappa shape index (κ1) is 15.0. The third kappa shape index (κ3) is 3.15. The molecular weight excluding hydrogens is 260 g/mol. The largest absolute Gasteiger partial charge is 0.384 e. The summed E-state index contributed by atoms with van der Waals surface area (Å²) in [5, 5.41) is 3.58. The maximum Gasteiger partial charge on any atom is 0.0491 e. The molecule has 1 aromatic rings. The molecule has 0 radical (unpaired) electrons. The van der Waals surface area contributed by atoms with Crippen LogP contribution in [-0.2, 0) is 11.2 Å². The van der Waals surface area contributed by atoms with Crippen molar-refractivity contribution >= 4 is 0 Å². The molecule has 1 aromatic carbocycles. The Morgan fingerprint density at radius 1 is 1.19 bits per heavy atom. The van der Waals surface area contributed by atoms with Crippen molar-refractivity contribution in [2.24, 2.45) is 5.92 Å². The minimum atomic E-state index is 0.480. The molecule has 3 rings (SSSR count). The summed E-state index contributed by atoms with van der Waals surface area (Å²) >= 11 is 0. The highest BCUT2D eigenvalue weighted by Crippen LogP contribution is 2.34. The summed E-state index contributed by atoms with van der Waals surface area (Å²) in [6, 6.07) is 10.1. The van der Waals surface area contributed by atoms with E-state index in [1.807, 2.05) is 7.11 Å². The van der Waals surface area contributed by atoms with Crippen molar-refractivity contribution in [3.8, 4) is 0 Å². The van der Waals surface area contributed by atoms with Crippen LogP contribution >= 0.6 is 0 Å². The minimum absolute atomic E-state index is 0.480. The van der Waals surface area contributed by atoms with E-state index in [0.717, 1.165) is 12.5 Å². The molecule has 2 atom stereocenters. The molecule has 116 valence electrons. The highest BCUT2D eigenvalue weighted by Gasteiger charge is 2.34. The zero-order valence-electron chi connectivity index (χ0n) is 13.3. The summed E-state index contributed by atoms with van der Waals surface area (Å²) in [5.41, 5.74) is 3.04. The van der Waals surface area contributed by atoms with E-state index in [9.17, 15) is 0 Å². The summed E-state index contributed by atoms with van der Waals surface area (Å²) < 4.78 is 5.32. The number of ether oxygens (including phenoxy) is 1. The second-order valence-corrected chi connectivity index (χ2v) is 6.51. The molecule has 3 nitrogen and oxygen atoms in total. The van der Waals surface area contributed by atoms with Gasteiger partial charge in [0.05, 0.1) is 0 Å². The summed E-state index contributed by atoms with van der Waals surface area (Å²) in [6.45, 7) is 3.37. The molecular formula is C18H28N2O. The van der Waals surface area contributed by atoms with Gasteiger partial charge in [0.25, 0.3) is 0 Å².